The molecule has 0 radical (unpaired) electrons. The van der Waals surface area contributed by atoms with Gasteiger partial charge in [0.25, 0.3) is 5.91 Å². The summed E-state index contributed by atoms with van der Waals surface area (Å²) in [5.41, 5.74) is -0.647. The van der Waals surface area contributed by atoms with Gasteiger partial charge in [-0.05, 0) is 43.5 Å². The normalized spacial score (nSPS) is 23.9. The number of sulfonamides is 1. The third-order valence-corrected chi connectivity index (χ3v) is 6.95. The third-order valence-electron chi connectivity index (χ3n) is 5.04. The standard InChI is InChI=1S/C18H24N2O6S/c21-16(22)12-18(8-11-26-13-18)19-17(23)14-4-6-15(7-5-14)27(24,25)20-9-2-1-3-10-20/h4-7H,1-3,8-13H2,(H,19,23)(H,21,22). The van der Waals surface area contributed by atoms with Crippen molar-refractivity contribution in [3.05, 3.63) is 29.8 Å². The lowest BCUT2D eigenvalue weighted by molar-refractivity contribution is -0.138. The van der Waals surface area contributed by atoms with Gasteiger partial charge in [0.05, 0.1) is 23.5 Å². The Morgan fingerprint density at radius 3 is 2.37 bits per heavy atom. The fraction of sp³-hybridized carbons (Fsp3) is 0.556. The highest BCUT2D eigenvalue weighted by molar-refractivity contribution is 7.89. The quantitative estimate of drug-likeness (QED) is 0.748. The first kappa shape index (κ1) is 19.8. The summed E-state index contributed by atoms with van der Waals surface area (Å²) in [5.74, 6) is -1.45. The zero-order valence-corrected chi connectivity index (χ0v) is 15.8. The topological polar surface area (TPSA) is 113 Å². The van der Waals surface area contributed by atoms with Crippen LogP contribution in [0.2, 0.25) is 0 Å². The Morgan fingerprint density at radius 2 is 1.81 bits per heavy atom. The zero-order valence-electron chi connectivity index (χ0n) is 15.0. The highest BCUT2D eigenvalue weighted by Crippen LogP contribution is 2.24. The molecule has 0 aromatic heterocycles. The summed E-state index contributed by atoms with van der Waals surface area (Å²) in [6.07, 6.45) is 2.94. The van der Waals surface area contributed by atoms with Gasteiger partial charge < -0.3 is 15.2 Å². The second-order valence-electron chi connectivity index (χ2n) is 7.10. The second-order valence-corrected chi connectivity index (χ2v) is 9.03. The molecule has 8 nitrogen and oxygen atoms in total. The van der Waals surface area contributed by atoms with Crippen molar-refractivity contribution in [3.63, 3.8) is 0 Å². The maximum Gasteiger partial charge on any atom is 0.305 e. The summed E-state index contributed by atoms with van der Waals surface area (Å²) in [4.78, 5) is 23.8. The Labute approximate surface area is 158 Å². The van der Waals surface area contributed by atoms with Crippen molar-refractivity contribution in [1.29, 1.82) is 0 Å². The lowest BCUT2D eigenvalue weighted by atomic mass is 9.94. The van der Waals surface area contributed by atoms with Crippen LogP contribution in [0.25, 0.3) is 0 Å². The van der Waals surface area contributed by atoms with Gasteiger partial charge in [0, 0.05) is 25.3 Å². The number of carboxylic acids is 1. The molecule has 1 amide bonds. The lowest BCUT2D eigenvalue weighted by Gasteiger charge is -2.27. The molecule has 1 unspecified atom stereocenters. The highest BCUT2D eigenvalue weighted by Gasteiger charge is 2.38. The largest absolute Gasteiger partial charge is 0.481 e. The van der Waals surface area contributed by atoms with E-state index in [1.165, 1.54) is 28.6 Å². The van der Waals surface area contributed by atoms with E-state index in [2.05, 4.69) is 5.32 Å². The van der Waals surface area contributed by atoms with E-state index in [0.717, 1.165) is 19.3 Å². The van der Waals surface area contributed by atoms with Gasteiger partial charge in [0.2, 0.25) is 10.0 Å². The number of ether oxygens (including phenoxy) is 1. The van der Waals surface area contributed by atoms with Crippen molar-refractivity contribution in [2.45, 2.75) is 42.5 Å². The van der Waals surface area contributed by atoms with Crippen LogP contribution in [-0.2, 0) is 19.6 Å². The molecule has 2 saturated heterocycles. The molecule has 0 bridgehead atoms. The number of carbonyl (C=O) groups is 2. The van der Waals surface area contributed by atoms with Gasteiger partial charge in [0.15, 0.2) is 0 Å². The average Bonchev–Trinajstić information content (AvgIpc) is 3.09. The van der Waals surface area contributed by atoms with Crippen molar-refractivity contribution in [1.82, 2.24) is 9.62 Å². The Kier molecular flexibility index (Phi) is 5.83. The van der Waals surface area contributed by atoms with Crippen molar-refractivity contribution in [2.75, 3.05) is 26.3 Å². The van der Waals surface area contributed by atoms with E-state index in [9.17, 15) is 18.0 Å². The minimum atomic E-state index is -3.55. The maximum absolute atomic E-state index is 12.7. The van der Waals surface area contributed by atoms with E-state index >= 15 is 0 Å². The fourth-order valence-electron chi connectivity index (χ4n) is 3.52. The molecule has 2 N–H and O–H groups in total. The first-order chi connectivity index (χ1) is 12.8. The van der Waals surface area contributed by atoms with Gasteiger partial charge in [-0.15, -0.1) is 0 Å². The number of hydrogen-bond donors (Lipinski definition) is 2. The molecule has 3 rings (SSSR count). The van der Waals surface area contributed by atoms with E-state index in [4.69, 9.17) is 9.84 Å². The molecule has 2 aliphatic rings. The van der Waals surface area contributed by atoms with Crippen LogP contribution in [0.15, 0.2) is 29.2 Å². The molecule has 2 heterocycles. The third kappa shape index (κ3) is 4.48. The number of aliphatic carboxylic acids is 1. The first-order valence-corrected chi connectivity index (χ1v) is 10.5. The molecule has 2 aliphatic heterocycles. The van der Waals surface area contributed by atoms with Gasteiger partial charge in [-0.2, -0.15) is 4.31 Å². The summed E-state index contributed by atoms with van der Waals surface area (Å²) >= 11 is 0. The van der Waals surface area contributed by atoms with Crippen LogP contribution in [0.4, 0.5) is 0 Å². The van der Waals surface area contributed by atoms with E-state index in [0.29, 0.717) is 26.1 Å². The number of carbonyl (C=O) groups excluding carboxylic acids is 1. The number of nitrogens with zero attached hydrogens (tertiary/aromatic N) is 1. The molecule has 2 fully saturated rings. The Balaban J connectivity index is 1.72. The number of piperidine rings is 1. The maximum atomic E-state index is 12.7. The SMILES string of the molecule is O=C(O)CC1(NC(=O)c2ccc(S(=O)(=O)N3CCCCC3)cc2)CCOC1. The number of nitrogens with one attached hydrogen (secondary N) is 1. The number of amides is 1. The van der Waals surface area contributed by atoms with Crippen LogP contribution in [0, 0.1) is 0 Å². The monoisotopic (exact) mass is 396 g/mol. The molecule has 1 aromatic carbocycles. The lowest BCUT2D eigenvalue weighted by Crippen LogP contribution is -2.50. The van der Waals surface area contributed by atoms with Crippen molar-refractivity contribution >= 4 is 21.9 Å². The predicted molar refractivity (Wildman–Crippen MR) is 96.9 cm³/mol. The molecular formula is C18H24N2O6S. The second kappa shape index (κ2) is 7.95. The molecule has 0 spiro atoms. The number of carboxylic acid groups (broad SMARTS) is 1. The van der Waals surface area contributed by atoms with Crippen LogP contribution < -0.4 is 5.32 Å². The smallest absolute Gasteiger partial charge is 0.305 e. The van der Waals surface area contributed by atoms with Gasteiger partial charge in [-0.1, -0.05) is 6.42 Å². The van der Waals surface area contributed by atoms with Crippen LogP contribution >= 0.6 is 0 Å². The van der Waals surface area contributed by atoms with Crippen molar-refractivity contribution in [3.8, 4) is 0 Å². The summed E-state index contributed by atoms with van der Waals surface area (Å²) in [6, 6.07) is 5.76. The molecule has 0 saturated carbocycles. The van der Waals surface area contributed by atoms with E-state index < -0.39 is 27.4 Å². The summed E-state index contributed by atoms with van der Waals surface area (Å²) < 4.78 is 32.1. The van der Waals surface area contributed by atoms with Crippen LogP contribution in [0.5, 0.6) is 0 Å². The summed E-state index contributed by atoms with van der Waals surface area (Å²) in [5, 5.41) is 11.9. The molecule has 9 heteroatoms. The Morgan fingerprint density at radius 1 is 1.15 bits per heavy atom. The molecular weight excluding hydrogens is 372 g/mol. The van der Waals surface area contributed by atoms with E-state index in [1.54, 1.807) is 0 Å². The predicted octanol–water partition coefficient (Wildman–Crippen LogP) is 1.22. The summed E-state index contributed by atoms with van der Waals surface area (Å²) in [6.45, 7) is 1.57. The number of hydrogen-bond acceptors (Lipinski definition) is 5. The Bertz CT molecular complexity index is 794. The van der Waals surface area contributed by atoms with Gasteiger partial charge in [0.1, 0.15) is 0 Å². The van der Waals surface area contributed by atoms with Crippen LogP contribution in [0.3, 0.4) is 0 Å². The minimum absolute atomic E-state index is 0.145. The Hall–Kier alpha value is -1.97. The molecule has 27 heavy (non-hydrogen) atoms. The highest BCUT2D eigenvalue weighted by atomic mass is 32.2. The van der Waals surface area contributed by atoms with Crippen molar-refractivity contribution < 1.29 is 27.9 Å². The van der Waals surface area contributed by atoms with Crippen molar-refractivity contribution in [2.24, 2.45) is 0 Å². The zero-order chi connectivity index (χ0) is 19.5. The van der Waals surface area contributed by atoms with Gasteiger partial charge in [-0.25, -0.2) is 8.42 Å². The number of rotatable bonds is 6. The molecule has 1 aromatic rings. The minimum Gasteiger partial charge on any atom is -0.481 e. The fourth-order valence-corrected chi connectivity index (χ4v) is 5.04. The number of benzene rings is 1. The van der Waals surface area contributed by atoms with Crippen LogP contribution in [-0.4, -0.2) is 61.5 Å². The van der Waals surface area contributed by atoms with E-state index in [1.807, 2.05) is 0 Å². The van der Waals surface area contributed by atoms with Gasteiger partial charge >= 0.3 is 5.97 Å². The molecule has 0 aliphatic carbocycles. The molecule has 1 atom stereocenters. The summed E-state index contributed by atoms with van der Waals surface area (Å²) in [7, 11) is -3.55. The first-order valence-electron chi connectivity index (χ1n) is 9.05. The van der Waals surface area contributed by atoms with E-state index in [-0.39, 0.29) is 23.5 Å². The average molecular weight is 396 g/mol. The van der Waals surface area contributed by atoms with Gasteiger partial charge in [-0.3, -0.25) is 9.59 Å². The molecule has 148 valence electrons. The van der Waals surface area contributed by atoms with Crippen LogP contribution in [0.1, 0.15) is 42.5 Å².